The van der Waals surface area contributed by atoms with Crippen molar-refractivity contribution in [3.8, 4) is 77.9 Å². The highest BCUT2D eigenvalue weighted by Gasteiger charge is 2.53. The van der Waals surface area contributed by atoms with Crippen molar-refractivity contribution >= 4 is 69.2 Å². The summed E-state index contributed by atoms with van der Waals surface area (Å²) >= 11 is 0. The molecule has 0 aromatic heterocycles. The zero-order chi connectivity index (χ0) is 48.5. The van der Waals surface area contributed by atoms with Gasteiger partial charge in [-0.15, -0.1) is 0 Å². The van der Waals surface area contributed by atoms with E-state index < -0.39 is 21.6 Å². The van der Waals surface area contributed by atoms with Gasteiger partial charge < -0.3 is 0 Å². The van der Waals surface area contributed by atoms with Crippen LogP contribution in [0.4, 0.5) is 0 Å². The molecule has 2 heterocycles. The molecule has 2 aliphatic carbocycles. The maximum atomic E-state index is 2.59. The van der Waals surface area contributed by atoms with Crippen LogP contribution in [0, 0.1) is 0 Å². The summed E-state index contributed by atoms with van der Waals surface area (Å²) in [7, 11) is -3.92. The van der Waals surface area contributed by atoms with E-state index in [0.29, 0.717) is 0 Å². The first-order chi connectivity index (χ1) is 35.8. The minimum Gasteiger partial charge on any atom is -0.0623 e. The van der Waals surface area contributed by atoms with Crippen molar-refractivity contribution in [2.45, 2.75) is 31.6 Å². The molecule has 342 valence electrons. The largest absolute Gasteiger partial charge is 0.113 e. The molecule has 0 unspecified atom stereocenters. The quantitative estimate of drug-likeness (QED) is 0.122. The molecule has 12 aromatic rings. The zero-order valence-electron chi connectivity index (χ0n) is 41.4. The Kier molecular flexibility index (Phi) is 8.24. The molecule has 0 saturated carbocycles. The summed E-state index contributed by atoms with van der Waals surface area (Å²) in [6, 6.07) is 89.5. The summed E-state index contributed by atoms with van der Waals surface area (Å²) in [6.07, 6.45) is 0. The second-order valence-electron chi connectivity index (χ2n) is 22.1. The summed E-state index contributed by atoms with van der Waals surface area (Å²) in [4.78, 5) is 0. The molecular formula is C71H50Si2. The highest BCUT2D eigenvalue weighted by molar-refractivity contribution is 7.04. The van der Waals surface area contributed by atoms with Gasteiger partial charge >= 0.3 is 0 Å². The van der Waals surface area contributed by atoms with Gasteiger partial charge in [0.05, 0.1) is 5.41 Å². The van der Waals surface area contributed by atoms with Crippen LogP contribution in [0.5, 0.6) is 0 Å². The molecule has 0 N–H and O–H groups in total. The minimum atomic E-state index is -1.96. The first-order valence-electron chi connectivity index (χ1n) is 26.1. The smallest absolute Gasteiger partial charge is 0.0623 e. The third kappa shape index (κ3) is 5.15. The van der Waals surface area contributed by atoms with Gasteiger partial charge in [-0.1, -0.05) is 251 Å². The Bertz CT molecular complexity index is 4240. The maximum absolute atomic E-state index is 2.59. The lowest BCUT2D eigenvalue weighted by Crippen LogP contribution is -2.49. The Morgan fingerprint density at radius 2 is 0.644 bits per heavy atom. The van der Waals surface area contributed by atoms with Crippen molar-refractivity contribution in [3.05, 3.63) is 253 Å². The zero-order valence-corrected chi connectivity index (χ0v) is 43.4. The molecule has 0 radical (unpaired) electrons. The van der Waals surface area contributed by atoms with Gasteiger partial charge in [0.25, 0.3) is 0 Å². The first kappa shape index (κ1) is 41.5. The van der Waals surface area contributed by atoms with E-state index in [1.165, 1.54) is 153 Å². The monoisotopic (exact) mass is 958 g/mol. The Balaban J connectivity index is 1.08. The highest BCUT2D eigenvalue weighted by atomic mass is 28.3. The van der Waals surface area contributed by atoms with E-state index in [-0.39, 0.29) is 0 Å². The maximum Gasteiger partial charge on any atom is 0.113 e. The fraction of sp³-hybridized carbons (Fsp3) is 0.0704. The molecule has 12 aromatic carbocycles. The fourth-order valence-corrected chi connectivity index (χ4v) is 21.2. The van der Waals surface area contributed by atoms with E-state index in [4.69, 9.17) is 0 Å². The summed E-state index contributed by atoms with van der Waals surface area (Å²) in [6.45, 7) is 10.1. The van der Waals surface area contributed by atoms with Gasteiger partial charge in [-0.3, -0.25) is 0 Å². The van der Waals surface area contributed by atoms with E-state index in [1.54, 1.807) is 0 Å². The number of fused-ring (bicyclic) bond motifs is 20. The van der Waals surface area contributed by atoms with Crippen LogP contribution in [0.3, 0.4) is 0 Å². The van der Waals surface area contributed by atoms with Crippen molar-refractivity contribution in [1.29, 1.82) is 0 Å². The van der Waals surface area contributed by atoms with E-state index in [1.807, 2.05) is 0 Å². The van der Waals surface area contributed by atoms with Crippen LogP contribution < -0.4 is 20.7 Å². The molecule has 0 saturated heterocycles. The summed E-state index contributed by atoms with van der Waals surface area (Å²) in [5, 5.41) is 13.8. The molecule has 2 heteroatoms. The first-order valence-corrected chi connectivity index (χ1v) is 32.1. The van der Waals surface area contributed by atoms with Crippen LogP contribution in [-0.2, 0) is 5.41 Å². The van der Waals surface area contributed by atoms with Crippen LogP contribution in [0.2, 0.25) is 26.2 Å². The molecule has 0 nitrogen and oxygen atoms in total. The van der Waals surface area contributed by atoms with Gasteiger partial charge in [-0.2, -0.15) is 0 Å². The number of benzene rings is 12. The van der Waals surface area contributed by atoms with E-state index >= 15 is 0 Å². The number of hydrogen-bond acceptors (Lipinski definition) is 0. The van der Waals surface area contributed by atoms with Crippen molar-refractivity contribution in [2.75, 3.05) is 0 Å². The molecule has 73 heavy (non-hydrogen) atoms. The van der Waals surface area contributed by atoms with Crippen molar-refractivity contribution in [1.82, 2.24) is 0 Å². The summed E-state index contributed by atoms with van der Waals surface area (Å²) in [5.74, 6) is 0. The third-order valence-electron chi connectivity index (χ3n) is 18.1. The van der Waals surface area contributed by atoms with Crippen molar-refractivity contribution < 1.29 is 0 Å². The van der Waals surface area contributed by atoms with Crippen LogP contribution in [-0.4, -0.2) is 16.1 Å². The van der Waals surface area contributed by atoms with Gasteiger partial charge in [0.1, 0.15) is 16.1 Å². The second-order valence-corrected chi connectivity index (χ2v) is 30.8. The molecule has 2 aliphatic heterocycles. The molecule has 0 atom stereocenters. The lowest BCUT2D eigenvalue weighted by atomic mass is 9.68. The third-order valence-corrected chi connectivity index (χ3v) is 25.2. The Morgan fingerprint density at radius 1 is 0.247 bits per heavy atom. The van der Waals surface area contributed by atoms with Crippen LogP contribution >= 0.6 is 0 Å². The molecular weight excluding hydrogens is 909 g/mol. The van der Waals surface area contributed by atoms with E-state index in [0.717, 1.165) is 0 Å². The summed E-state index contributed by atoms with van der Waals surface area (Å²) in [5.41, 5.74) is 23.7. The number of hydrogen-bond donors (Lipinski definition) is 0. The average Bonchev–Trinajstić information content (AvgIpc) is 4.09. The van der Waals surface area contributed by atoms with Gasteiger partial charge in [0, 0.05) is 0 Å². The number of rotatable bonds is 3. The SMILES string of the molecule is C[Si]1(C)c2ccccc2-c2c(-c3cccc4c(-c5cccc6c5C5(c7ccccc7-c7ccccc75)c5ccc7ccccc7c5-6)c5cccc(-c6cccc7c6-c6ccccc6[Si]7(C)C)c5cc34)cccc21. The van der Waals surface area contributed by atoms with Crippen LogP contribution in [0.1, 0.15) is 22.3 Å². The molecule has 0 fully saturated rings. The standard InChI is InChI=1S/C71H50Si2/c1-72(2)62-36-13-9-24-53(62)68-49(30-18-38-64(68)72)45-26-15-28-51-57(45)42-58-46(50-31-19-39-65-69(50)54-25-10-14-37-63(54)73(65,3)4)27-16-29-52(58)66(51)55-32-17-33-56-67-44-21-6-5-20-43(44)40-41-61(67)71(70(55)56)59-34-11-7-22-47(59)48-23-8-12-35-60(48)71/h5-42H,1-4H3. The van der Waals surface area contributed by atoms with Crippen molar-refractivity contribution in [3.63, 3.8) is 0 Å². The lowest BCUT2D eigenvalue weighted by molar-refractivity contribution is 0.796. The van der Waals surface area contributed by atoms with E-state index in [9.17, 15) is 0 Å². The molecule has 4 aliphatic rings. The Hall–Kier alpha value is -8.15. The second kappa shape index (κ2) is 14.5. The average molecular weight is 959 g/mol. The highest BCUT2D eigenvalue weighted by Crippen LogP contribution is 2.66. The Morgan fingerprint density at radius 3 is 1.22 bits per heavy atom. The van der Waals surface area contributed by atoms with Gasteiger partial charge in [-0.25, -0.2) is 0 Å². The van der Waals surface area contributed by atoms with Crippen molar-refractivity contribution in [2.24, 2.45) is 0 Å². The summed E-state index contributed by atoms with van der Waals surface area (Å²) < 4.78 is 0. The lowest BCUT2D eigenvalue weighted by Gasteiger charge is -2.33. The molecule has 0 bridgehead atoms. The van der Waals surface area contributed by atoms with Gasteiger partial charge in [0.2, 0.25) is 0 Å². The van der Waals surface area contributed by atoms with Crippen LogP contribution in [0.15, 0.2) is 231 Å². The minimum absolute atomic E-state index is 0.553. The topological polar surface area (TPSA) is 0 Å². The van der Waals surface area contributed by atoms with Gasteiger partial charge in [0.15, 0.2) is 0 Å². The molecule has 0 amide bonds. The van der Waals surface area contributed by atoms with Crippen LogP contribution in [0.25, 0.3) is 110 Å². The molecule has 16 rings (SSSR count). The predicted molar refractivity (Wildman–Crippen MR) is 316 cm³/mol. The normalized spacial score (nSPS) is 15.2. The predicted octanol–water partition coefficient (Wildman–Crippen LogP) is 16.1. The Labute approximate surface area is 428 Å². The van der Waals surface area contributed by atoms with E-state index in [2.05, 4.69) is 257 Å². The molecule has 1 spiro atoms. The van der Waals surface area contributed by atoms with Gasteiger partial charge in [-0.05, 0) is 159 Å². The fourth-order valence-electron chi connectivity index (χ4n) is 15.1.